The van der Waals surface area contributed by atoms with Gasteiger partial charge in [-0.05, 0) is 58.2 Å². The van der Waals surface area contributed by atoms with Gasteiger partial charge in [-0.15, -0.1) is 0 Å². The molecule has 1 fully saturated rings. The third-order valence-corrected chi connectivity index (χ3v) is 4.99. The molecule has 0 spiro atoms. The quantitative estimate of drug-likeness (QED) is 0.808. The molecule has 1 aliphatic heterocycles. The highest BCUT2D eigenvalue weighted by Gasteiger charge is 2.22. The van der Waals surface area contributed by atoms with E-state index < -0.39 is 11.7 Å². The van der Waals surface area contributed by atoms with Crippen LogP contribution in [0.2, 0.25) is 0 Å². The Bertz CT molecular complexity index is 669. The van der Waals surface area contributed by atoms with Crippen molar-refractivity contribution in [2.45, 2.75) is 71.7 Å². The van der Waals surface area contributed by atoms with Crippen molar-refractivity contribution in [3.05, 3.63) is 35.4 Å². The van der Waals surface area contributed by atoms with E-state index in [-0.39, 0.29) is 12.5 Å². The molecule has 0 bridgehead atoms. The first-order valence-corrected chi connectivity index (χ1v) is 10.2. The van der Waals surface area contributed by atoms with E-state index in [1.54, 1.807) is 27.8 Å². The van der Waals surface area contributed by atoms with Crippen molar-refractivity contribution in [2.24, 2.45) is 0 Å². The van der Waals surface area contributed by atoms with E-state index in [0.717, 1.165) is 18.7 Å². The average Bonchev–Trinajstić information content (AvgIpc) is 2.61. The number of likely N-dealkylation sites (tertiary alicyclic amines) is 1. The summed E-state index contributed by atoms with van der Waals surface area (Å²) >= 11 is 0. The number of rotatable bonds is 6. The molecule has 6 nitrogen and oxygen atoms in total. The number of carbonyl (C=O) groups is 2. The van der Waals surface area contributed by atoms with Crippen molar-refractivity contribution < 1.29 is 14.3 Å². The SMILES string of the molecule is CC1CCCCN1Cc1ccccc1CNC(=O)CN(C)C(=O)OC(C)(C)C. The fraction of sp³-hybridized carbons (Fsp3) is 0.636. The fourth-order valence-corrected chi connectivity index (χ4v) is 3.37. The lowest BCUT2D eigenvalue weighted by atomic mass is 10.0. The number of carbonyl (C=O) groups excluding carboxylic acids is 2. The minimum atomic E-state index is -0.577. The number of likely N-dealkylation sites (N-methyl/N-ethyl adjacent to an activating group) is 1. The Kier molecular flexibility index (Phi) is 7.87. The molecule has 1 aromatic carbocycles. The molecule has 2 rings (SSSR count). The molecular formula is C22H35N3O3. The van der Waals surface area contributed by atoms with Crippen LogP contribution in [0.1, 0.15) is 58.1 Å². The Morgan fingerprint density at radius 2 is 1.89 bits per heavy atom. The molecule has 1 saturated heterocycles. The Morgan fingerprint density at radius 1 is 1.21 bits per heavy atom. The number of ether oxygens (including phenoxy) is 1. The van der Waals surface area contributed by atoms with Gasteiger partial charge in [-0.3, -0.25) is 9.69 Å². The van der Waals surface area contributed by atoms with Gasteiger partial charge < -0.3 is 15.0 Å². The van der Waals surface area contributed by atoms with E-state index in [0.29, 0.717) is 12.6 Å². The van der Waals surface area contributed by atoms with Gasteiger partial charge in [0.25, 0.3) is 0 Å². The first kappa shape index (κ1) is 22.2. The second kappa shape index (κ2) is 9.92. The van der Waals surface area contributed by atoms with Crippen LogP contribution >= 0.6 is 0 Å². The number of hydrogen-bond donors (Lipinski definition) is 1. The van der Waals surface area contributed by atoms with Gasteiger partial charge >= 0.3 is 6.09 Å². The highest BCUT2D eigenvalue weighted by atomic mass is 16.6. The first-order valence-electron chi connectivity index (χ1n) is 10.2. The summed E-state index contributed by atoms with van der Waals surface area (Å²) in [6.45, 7) is 10.2. The number of amides is 2. The number of piperidine rings is 1. The van der Waals surface area contributed by atoms with Crippen molar-refractivity contribution in [3.63, 3.8) is 0 Å². The number of nitrogens with zero attached hydrogens (tertiary/aromatic N) is 2. The Labute approximate surface area is 169 Å². The maximum atomic E-state index is 12.3. The molecule has 156 valence electrons. The zero-order valence-corrected chi connectivity index (χ0v) is 18.0. The van der Waals surface area contributed by atoms with Crippen LogP contribution in [-0.2, 0) is 22.6 Å². The molecule has 1 unspecified atom stereocenters. The summed E-state index contributed by atoms with van der Waals surface area (Å²) in [7, 11) is 1.57. The zero-order valence-electron chi connectivity index (χ0n) is 18.0. The van der Waals surface area contributed by atoms with E-state index >= 15 is 0 Å². The average molecular weight is 390 g/mol. The van der Waals surface area contributed by atoms with E-state index in [9.17, 15) is 9.59 Å². The van der Waals surface area contributed by atoms with E-state index in [4.69, 9.17) is 4.74 Å². The van der Waals surface area contributed by atoms with Gasteiger partial charge in [0.2, 0.25) is 5.91 Å². The predicted molar refractivity (Wildman–Crippen MR) is 111 cm³/mol. The maximum Gasteiger partial charge on any atom is 0.410 e. The first-order chi connectivity index (χ1) is 13.2. The summed E-state index contributed by atoms with van der Waals surface area (Å²) in [5.74, 6) is -0.200. The van der Waals surface area contributed by atoms with Gasteiger partial charge in [0.1, 0.15) is 12.1 Å². The molecule has 28 heavy (non-hydrogen) atoms. The standard InChI is InChI=1S/C22H35N3O3/c1-17-10-8-9-13-25(17)15-19-12-7-6-11-18(19)14-23-20(26)16-24(5)21(27)28-22(2,3)4/h6-7,11-12,17H,8-10,13-16H2,1-5H3,(H,23,26). The predicted octanol–water partition coefficient (Wildman–Crippen LogP) is 3.54. The molecule has 0 saturated carbocycles. The summed E-state index contributed by atoms with van der Waals surface area (Å²) in [4.78, 5) is 28.1. The summed E-state index contributed by atoms with van der Waals surface area (Å²) < 4.78 is 5.28. The zero-order chi connectivity index (χ0) is 20.7. The summed E-state index contributed by atoms with van der Waals surface area (Å²) in [5.41, 5.74) is 1.79. The van der Waals surface area contributed by atoms with Crippen LogP contribution < -0.4 is 5.32 Å². The minimum absolute atomic E-state index is 0.0275. The Balaban J connectivity index is 1.88. The third kappa shape index (κ3) is 7.15. The Hall–Kier alpha value is -2.08. The maximum absolute atomic E-state index is 12.3. The number of benzene rings is 1. The normalized spacial score (nSPS) is 17.8. The van der Waals surface area contributed by atoms with E-state index in [1.807, 2.05) is 12.1 Å². The number of nitrogens with one attached hydrogen (secondary N) is 1. The lowest BCUT2D eigenvalue weighted by Crippen LogP contribution is -2.41. The third-order valence-electron chi connectivity index (χ3n) is 4.99. The molecule has 1 atom stereocenters. The molecule has 1 heterocycles. The lowest BCUT2D eigenvalue weighted by molar-refractivity contribution is -0.122. The summed E-state index contributed by atoms with van der Waals surface area (Å²) in [6.07, 6.45) is 3.30. The molecule has 0 aliphatic carbocycles. The van der Waals surface area contributed by atoms with Gasteiger partial charge in [0.15, 0.2) is 0 Å². The van der Waals surface area contributed by atoms with Crippen molar-refractivity contribution in [1.29, 1.82) is 0 Å². The molecule has 1 aliphatic rings. The second-order valence-electron chi connectivity index (χ2n) is 8.70. The van der Waals surface area contributed by atoms with Crippen molar-refractivity contribution in [2.75, 3.05) is 20.1 Å². The molecule has 0 aromatic heterocycles. The topological polar surface area (TPSA) is 61.9 Å². The molecular weight excluding hydrogens is 354 g/mol. The van der Waals surface area contributed by atoms with Gasteiger partial charge in [0, 0.05) is 26.2 Å². The molecule has 0 radical (unpaired) electrons. The largest absolute Gasteiger partial charge is 0.444 e. The van der Waals surface area contributed by atoms with E-state index in [1.165, 1.54) is 29.7 Å². The van der Waals surface area contributed by atoms with Gasteiger partial charge in [0.05, 0.1) is 0 Å². The minimum Gasteiger partial charge on any atom is -0.444 e. The Morgan fingerprint density at radius 3 is 2.54 bits per heavy atom. The summed E-state index contributed by atoms with van der Waals surface area (Å²) in [6, 6.07) is 8.83. The summed E-state index contributed by atoms with van der Waals surface area (Å²) in [5, 5.41) is 2.93. The van der Waals surface area contributed by atoms with Crippen molar-refractivity contribution in [1.82, 2.24) is 15.1 Å². The lowest BCUT2D eigenvalue weighted by Gasteiger charge is -2.33. The van der Waals surface area contributed by atoms with Crippen molar-refractivity contribution in [3.8, 4) is 0 Å². The van der Waals surface area contributed by atoms with Gasteiger partial charge in [-0.25, -0.2) is 4.79 Å². The monoisotopic (exact) mass is 389 g/mol. The highest BCUT2D eigenvalue weighted by molar-refractivity contribution is 5.82. The van der Waals surface area contributed by atoms with Crippen LogP contribution in [0.3, 0.4) is 0 Å². The van der Waals surface area contributed by atoms with Crippen LogP contribution in [0.5, 0.6) is 0 Å². The van der Waals surface area contributed by atoms with Crippen LogP contribution in [0.15, 0.2) is 24.3 Å². The van der Waals surface area contributed by atoms with Crippen molar-refractivity contribution >= 4 is 12.0 Å². The molecule has 6 heteroatoms. The molecule has 1 N–H and O–H groups in total. The number of hydrogen-bond acceptors (Lipinski definition) is 4. The molecule has 1 aromatic rings. The van der Waals surface area contributed by atoms with Crippen LogP contribution in [0.4, 0.5) is 4.79 Å². The van der Waals surface area contributed by atoms with Crippen LogP contribution in [0, 0.1) is 0 Å². The van der Waals surface area contributed by atoms with Crippen LogP contribution in [0.25, 0.3) is 0 Å². The van der Waals surface area contributed by atoms with Gasteiger partial charge in [-0.1, -0.05) is 30.7 Å². The van der Waals surface area contributed by atoms with E-state index in [2.05, 4.69) is 29.3 Å². The smallest absolute Gasteiger partial charge is 0.410 e. The second-order valence-corrected chi connectivity index (χ2v) is 8.70. The highest BCUT2D eigenvalue weighted by Crippen LogP contribution is 2.20. The van der Waals surface area contributed by atoms with Crippen LogP contribution in [-0.4, -0.2) is 53.6 Å². The molecule has 2 amide bonds. The fourth-order valence-electron chi connectivity index (χ4n) is 3.37. The van der Waals surface area contributed by atoms with Gasteiger partial charge in [-0.2, -0.15) is 0 Å².